The molecule has 0 fully saturated rings. The van der Waals surface area contributed by atoms with Crippen molar-refractivity contribution in [1.82, 2.24) is 0 Å². The summed E-state index contributed by atoms with van der Waals surface area (Å²) in [6, 6.07) is 19.2. The van der Waals surface area contributed by atoms with E-state index in [1.165, 1.54) is 43.5 Å². The Morgan fingerprint density at radius 1 is 0.714 bits per heavy atom. The van der Waals surface area contributed by atoms with E-state index in [0.29, 0.717) is 23.5 Å². The lowest BCUT2D eigenvalue weighted by atomic mass is 10.1. The second-order valence-corrected chi connectivity index (χ2v) is 8.20. The number of carbonyl (C=O) groups is 2. The summed E-state index contributed by atoms with van der Waals surface area (Å²) in [4.78, 5) is 35.0. The summed E-state index contributed by atoms with van der Waals surface area (Å²) in [6.07, 6.45) is 6.71. The average Bonchev–Trinajstić information content (AvgIpc) is 2.88. The molecule has 0 unspecified atom stereocenters. The van der Waals surface area contributed by atoms with Crippen molar-refractivity contribution in [2.75, 3.05) is 6.61 Å². The van der Waals surface area contributed by atoms with Gasteiger partial charge in [-0.25, -0.2) is 9.59 Å². The molecular formula is C28H29NO6. The van der Waals surface area contributed by atoms with Gasteiger partial charge in [-0.15, -0.1) is 0 Å². The van der Waals surface area contributed by atoms with Gasteiger partial charge in [0, 0.05) is 12.1 Å². The van der Waals surface area contributed by atoms with E-state index in [1.54, 1.807) is 48.5 Å². The summed E-state index contributed by atoms with van der Waals surface area (Å²) in [5.41, 5.74) is 2.38. The molecule has 0 aromatic heterocycles. The van der Waals surface area contributed by atoms with Gasteiger partial charge in [-0.3, -0.25) is 10.1 Å². The van der Waals surface area contributed by atoms with Crippen molar-refractivity contribution in [1.29, 1.82) is 0 Å². The number of nitro groups is 1. The lowest BCUT2D eigenvalue weighted by Gasteiger charge is -2.08. The first kappa shape index (κ1) is 25.6. The van der Waals surface area contributed by atoms with Gasteiger partial charge in [-0.1, -0.05) is 51.2 Å². The third-order valence-electron chi connectivity index (χ3n) is 5.56. The Hall–Kier alpha value is -4.00. The van der Waals surface area contributed by atoms with Crippen molar-refractivity contribution in [3.63, 3.8) is 0 Å². The number of esters is 2. The van der Waals surface area contributed by atoms with E-state index >= 15 is 0 Å². The lowest BCUT2D eigenvalue weighted by molar-refractivity contribution is -0.384. The smallest absolute Gasteiger partial charge is 0.343 e. The van der Waals surface area contributed by atoms with Gasteiger partial charge >= 0.3 is 11.9 Å². The second-order valence-electron chi connectivity index (χ2n) is 8.20. The number of non-ortho nitro benzene ring substituents is 1. The highest BCUT2D eigenvalue weighted by molar-refractivity contribution is 5.94. The molecule has 0 spiro atoms. The largest absolute Gasteiger partial charge is 0.462 e. The number of carbonyl (C=O) groups excluding carboxylic acids is 2. The maximum absolute atomic E-state index is 12.5. The number of hydrogen-bond acceptors (Lipinski definition) is 6. The third-order valence-corrected chi connectivity index (χ3v) is 5.56. The Bertz CT molecular complexity index is 1120. The number of ether oxygens (including phenoxy) is 2. The van der Waals surface area contributed by atoms with Crippen molar-refractivity contribution < 1.29 is 24.0 Å². The Labute approximate surface area is 204 Å². The molecule has 35 heavy (non-hydrogen) atoms. The number of nitro benzene ring substituents is 1. The summed E-state index contributed by atoms with van der Waals surface area (Å²) in [7, 11) is 0. The predicted octanol–water partition coefficient (Wildman–Crippen LogP) is 7.00. The van der Waals surface area contributed by atoms with Crippen LogP contribution in [-0.2, 0) is 4.74 Å². The number of unbranched alkanes of at least 4 members (excludes halogenated alkanes) is 5. The van der Waals surface area contributed by atoms with Crippen molar-refractivity contribution in [3.05, 3.63) is 94.0 Å². The summed E-state index contributed by atoms with van der Waals surface area (Å²) in [6.45, 7) is 2.57. The van der Waals surface area contributed by atoms with Crippen LogP contribution in [0.25, 0.3) is 11.1 Å². The molecule has 0 saturated heterocycles. The van der Waals surface area contributed by atoms with Crippen LogP contribution in [0.1, 0.15) is 66.2 Å². The van der Waals surface area contributed by atoms with Crippen molar-refractivity contribution >= 4 is 17.6 Å². The summed E-state index contributed by atoms with van der Waals surface area (Å²) in [5.74, 6) is -0.580. The molecule has 0 atom stereocenters. The predicted molar refractivity (Wildman–Crippen MR) is 134 cm³/mol. The molecule has 3 rings (SSSR count). The van der Waals surface area contributed by atoms with Gasteiger partial charge in [0.15, 0.2) is 0 Å². The van der Waals surface area contributed by atoms with Gasteiger partial charge < -0.3 is 9.47 Å². The Morgan fingerprint density at radius 2 is 1.23 bits per heavy atom. The molecule has 182 valence electrons. The van der Waals surface area contributed by atoms with Gasteiger partial charge in [0.05, 0.1) is 22.7 Å². The number of rotatable bonds is 12. The molecule has 0 saturated carbocycles. The first-order chi connectivity index (χ1) is 17.0. The first-order valence-electron chi connectivity index (χ1n) is 11.8. The quantitative estimate of drug-likeness (QED) is 0.0920. The number of hydrogen-bond donors (Lipinski definition) is 0. The van der Waals surface area contributed by atoms with Crippen LogP contribution in [-0.4, -0.2) is 23.5 Å². The van der Waals surface area contributed by atoms with Crippen LogP contribution in [0, 0.1) is 10.1 Å². The fraction of sp³-hybridized carbons (Fsp3) is 0.286. The molecule has 0 amide bonds. The zero-order valence-corrected chi connectivity index (χ0v) is 19.8. The fourth-order valence-corrected chi connectivity index (χ4v) is 3.53. The SMILES string of the molecule is CCCCCCCCOC(=O)c1ccc(C(=O)Oc2ccc(-c3ccc([N+](=O)[O-])cc3)cc2)cc1. The molecular weight excluding hydrogens is 446 g/mol. The summed E-state index contributed by atoms with van der Waals surface area (Å²) >= 11 is 0. The molecule has 0 bridgehead atoms. The summed E-state index contributed by atoms with van der Waals surface area (Å²) in [5, 5.41) is 10.8. The van der Waals surface area contributed by atoms with E-state index in [4.69, 9.17) is 9.47 Å². The topological polar surface area (TPSA) is 95.7 Å². The normalized spacial score (nSPS) is 10.5. The van der Waals surface area contributed by atoms with Crippen LogP contribution in [0.3, 0.4) is 0 Å². The highest BCUT2D eigenvalue weighted by Crippen LogP contribution is 2.25. The van der Waals surface area contributed by atoms with Crippen LogP contribution in [0.5, 0.6) is 5.75 Å². The molecule has 3 aromatic rings. The minimum Gasteiger partial charge on any atom is -0.462 e. The molecule has 0 aliphatic rings. The van der Waals surface area contributed by atoms with E-state index < -0.39 is 16.9 Å². The highest BCUT2D eigenvalue weighted by atomic mass is 16.6. The van der Waals surface area contributed by atoms with Gasteiger partial charge in [-0.05, 0) is 66.1 Å². The zero-order chi connectivity index (χ0) is 25.0. The van der Waals surface area contributed by atoms with E-state index in [9.17, 15) is 19.7 Å². The average molecular weight is 476 g/mol. The Balaban J connectivity index is 1.49. The van der Waals surface area contributed by atoms with Crippen molar-refractivity contribution in [2.45, 2.75) is 45.4 Å². The summed E-state index contributed by atoms with van der Waals surface area (Å²) < 4.78 is 10.7. The lowest BCUT2D eigenvalue weighted by Crippen LogP contribution is -2.10. The molecule has 0 N–H and O–H groups in total. The van der Waals surface area contributed by atoms with Crippen LogP contribution in [0.2, 0.25) is 0 Å². The zero-order valence-electron chi connectivity index (χ0n) is 19.8. The maximum Gasteiger partial charge on any atom is 0.343 e. The number of benzene rings is 3. The van der Waals surface area contributed by atoms with E-state index in [-0.39, 0.29) is 5.69 Å². The monoisotopic (exact) mass is 475 g/mol. The van der Waals surface area contributed by atoms with Crippen LogP contribution < -0.4 is 4.74 Å². The number of nitrogens with zero attached hydrogens (tertiary/aromatic N) is 1. The van der Waals surface area contributed by atoms with Gasteiger partial charge in [0.1, 0.15) is 5.75 Å². The van der Waals surface area contributed by atoms with Crippen LogP contribution >= 0.6 is 0 Å². The molecule has 7 nitrogen and oxygen atoms in total. The van der Waals surface area contributed by atoms with Gasteiger partial charge in [0.2, 0.25) is 0 Å². The maximum atomic E-state index is 12.5. The molecule has 0 radical (unpaired) electrons. The fourth-order valence-electron chi connectivity index (χ4n) is 3.53. The van der Waals surface area contributed by atoms with E-state index in [0.717, 1.165) is 30.4 Å². The second kappa shape index (κ2) is 13.0. The highest BCUT2D eigenvalue weighted by Gasteiger charge is 2.12. The van der Waals surface area contributed by atoms with E-state index in [1.807, 2.05) is 0 Å². The molecule has 0 aliphatic heterocycles. The molecule has 0 aliphatic carbocycles. The Kier molecular flexibility index (Phi) is 9.54. The first-order valence-corrected chi connectivity index (χ1v) is 11.8. The van der Waals surface area contributed by atoms with Gasteiger partial charge in [-0.2, -0.15) is 0 Å². The third kappa shape index (κ3) is 7.78. The Morgan fingerprint density at radius 3 is 1.80 bits per heavy atom. The van der Waals surface area contributed by atoms with Crippen molar-refractivity contribution in [3.8, 4) is 16.9 Å². The molecule has 0 heterocycles. The minimum absolute atomic E-state index is 0.0244. The minimum atomic E-state index is -0.542. The van der Waals surface area contributed by atoms with Crippen LogP contribution in [0.15, 0.2) is 72.8 Å². The van der Waals surface area contributed by atoms with E-state index in [2.05, 4.69) is 6.92 Å². The van der Waals surface area contributed by atoms with Crippen LogP contribution in [0.4, 0.5) is 5.69 Å². The molecule has 3 aromatic carbocycles. The van der Waals surface area contributed by atoms with Gasteiger partial charge in [0.25, 0.3) is 5.69 Å². The molecule has 7 heteroatoms. The van der Waals surface area contributed by atoms with Crippen molar-refractivity contribution in [2.24, 2.45) is 0 Å². The standard InChI is InChI=1S/C28H29NO6/c1-2-3-4-5-6-7-20-34-27(30)23-8-10-24(11-9-23)28(31)35-26-18-14-22(15-19-26)21-12-16-25(17-13-21)29(32)33/h8-19H,2-7,20H2,1H3.